The maximum Gasteiger partial charge on any atom is 0.236 e. The number of ether oxygens (including phenoxy) is 2. The third-order valence-corrected chi connectivity index (χ3v) is 6.43. The summed E-state index contributed by atoms with van der Waals surface area (Å²) in [5, 5.41) is 1.08. The minimum atomic E-state index is 0.178. The molecule has 9 nitrogen and oxygen atoms in total. The second-order valence-electron chi connectivity index (χ2n) is 9.23. The van der Waals surface area contributed by atoms with Gasteiger partial charge in [0, 0.05) is 44.7 Å². The molecule has 2 aromatic heterocycles. The van der Waals surface area contributed by atoms with Crippen LogP contribution in [0.15, 0.2) is 54.9 Å². The predicted octanol–water partition coefficient (Wildman–Crippen LogP) is 2.81. The van der Waals surface area contributed by atoms with Crippen LogP contribution in [0.1, 0.15) is 0 Å². The average molecular weight is 489 g/mol. The molecule has 0 spiro atoms. The molecule has 0 atom stereocenters. The number of hydrogen-bond donors (Lipinski definition) is 0. The highest BCUT2D eigenvalue weighted by Crippen LogP contribution is 2.29. The molecule has 36 heavy (non-hydrogen) atoms. The Kier molecular flexibility index (Phi) is 7.02. The molecule has 0 bridgehead atoms. The maximum atomic E-state index is 12.5. The number of fused-ring (bicyclic) bond motifs is 2. The number of para-hydroxylation sites is 1. The standard InChI is InChI=1S/C27H32N6O3/c1-30(2)18-26(34)32-13-11-31(12-14-32)24-6-4-5-20-7-10-25(29-27(20)24)33-19-28-22-17-21(8-9-23(22)33)36-16-15-35-3/h4-10,17,19H,11-16,18H2,1-3H3. The lowest BCUT2D eigenvalue weighted by Gasteiger charge is -2.36. The van der Waals surface area contributed by atoms with Crippen molar-refractivity contribution in [3.63, 3.8) is 0 Å². The van der Waals surface area contributed by atoms with Crippen LogP contribution >= 0.6 is 0 Å². The Balaban J connectivity index is 1.40. The van der Waals surface area contributed by atoms with Crippen molar-refractivity contribution in [2.45, 2.75) is 0 Å². The van der Waals surface area contributed by atoms with E-state index >= 15 is 0 Å². The summed E-state index contributed by atoms with van der Waals surface area (Å²) in [5.41, 5.74) is 3.85. The molecule has 3 heterocycles. The minimum Gasteiger partial charge on any atom is -0.491 e. The molecule has 9 heteroatoms. The Morgan fingerprint density at radius 2 is 1.86 bits per heavy atom. The van der Waals surface area contributed by atoms with E-state index in [1.165, 1.54) is 0 Å². The summed E-state index contributed by atoms with van der Waals surface area (Å²) in [6.07, 6.45) is 1.80. The van der Waals surface area contributed by atoms with Crippen LogP contribution in [0, 0.1) is 0 Å². The van der Waals surface area contributed by atoms with Gasteiger partial charge < -0.3 is 24.2 Å². The molecule has 188 valence electrons. The monoisotopic (exact) mass is 488 g/mol. The number of anilines is 1. The summed E-state index contributed by atoms with van der Waals surface area (Å²) < 4.78 is 12.8. The van der Waals surface area contributed by atoms with Gasteiger partial charge in [-0.1, -0.05) is 12.1 Å². The summed E-state index contributed by atoms with van der Waals surface area (Å²) in [6.45, 7) is 4.47. The van der Waals surface area contributed by atoms with E-state index in [4.69, 9.17) is 14.5 Å². The van der Waals surface area contributed by atoms with Crippen LogP contribution in [-0.4, -0.2) is 97.4 Å². The fourth-order valence-corrected chi connectivity index (χ4v) is 4.59. The lowest BCUT2D eigenvalue weighted by molar-refractivity contribution is -0.132. The Bertz CT molecular complexity index is 1360. The topological polar surface area (TPSA) is 76.0 Å². The Morgan fingerprint density at radius 1 is 1.03 bits per heavy atom. The molecule has 1 aliphatic rings. The summed E-state index contributed by atoms with van der Waals surface area (Å²) in [4.78, 5) is 28.3. The first-order chi connectivity index (χ1) is 17.5. The number of carbonyl (C=O) groups excluding carboxylic acids is 1. The zero-order valence-corrected chi connectivity index (χ0v) is 21.1. The second-order valence-corrected chi connectivity index (χ2v) is 9.23. The number of aromatic nitrogens is 3. The first kappa shape index (κ1) is 24.0. The fourth-order valence-electron chi connectivity index (χ4n) is 4.59. The normalized spacial score (nSPS) is 14.2. The largest absolute Gasteiger partial charge is 0.491 e. The number of methoxy groups -OCH3 is 1. The number of likely N-dealkylation sites (N-methyl/N-ethyl adjacent to an activating group) is 1. The number of pyridine rings is 1. The lowest BCUT2D eigenvalue weighted by atomic mass is 10.1. The summed E-state index contributed by atoms with van der Waals surface area (Å²) in [6, 6.07) is 16.3. The number of carbonyl (C=O) groups is 1. The van der Waals surface area contributed by atoms with Gasteiger partial charge in [-0.2, -0.15) is 0 Å². The van der Waals surface area contributed by atoms with E-state index < -0.39 is 0 Å². The molecule has 1 saturated heterocycles. The first-order valence-electron chi connectivity index (χ1n) is 12.2. The predicted molar refractivity (Wildman–Crippen MR) is 141 cm³/mol. The quantitative estimate of drug-likeness (QED) is 0.353. The molecule has 4 aromatic rings. The van der Waals surface area contributed by atoms with Crippen molar-refractivity contribution in [3.05, 3.63) is 54.9 Å². The molecule has 5 rings (SSSR count). The van der Waals surface area contributed by atoms with Crippen LogP contribution in [0.5, 0.6) is 5.75 Å². The maximum absolute atomic E-state index is 12.5. The van der Waals surface area contributed by atoms with Gasteiger partial charge in [0.15, 0.2) is 0 Å². The van der Waals surface area contributed by atoms with E-state index in [9.17, 15) is 4.79 Å². The van der Waals surface area contributed by atoms with Crippen molar-refractivity contribution in [2.75, 3.05) is 72.0 Å². The van der Waals surface area contributed by atoms with Crippen molar-refractivity contribution in [2.24, 2.45) is 0 Å². The van der Waals surface area contributed by atoms with Crippen LogP contribution in [0.4, 0.5) is 5.69 Å². The first-order valence-corrected chi connectivity index (χ1v) is 12.2. The highest BCUT2D eigenvalue weighted by molar-refractivity contribution is 5.92. The van der Waals surface area contributed by atoms with E-state index in [-0.39, 0.29) is 5.91 Å². The zero-order valence-electron chi connectivity index (χ0n) is 21.1. The van der Waals surface area contributed by atoms with E-state index in [1.807, 2.05) is 52.7 Å². The highest BCUT2D eigenvalue weighted by Gasteiger charge is 2.23. The molecule has 0 aliphatic carbocycles. The molecular formula is C27H32N6O3. The Morgan fingerprint density at radius 3 is 2.64 bits per heavy atom. The van der Waals surface area contributed by atoms with Gasteiger partial charge in [0.05, 0.1) is 35.4 Å². The smallest absolute Gasteiger partial charge is 0.236 e. The van der Waals surface area contributed by atoms with Crippen LogP contribution in [0.2, 0.25) is 0 Å². The molecule has 1 fully saturated rings. The van der Waals surface area contributed by atoms with Gasteiger partial charge in [0.2, 0.25) is 5.91 Å². The molecule has 0 saturated carbocycles. The summed E-state index contributed by atoms with van der Waals surface area (Å²) in [5.74, 6) is 1.75. The number of nitrogens with zero attached hydrogens (tertiary/aromatic N) is 6. The lowest BCUT2D eigenvalue weighted by Crippen LogP contribution is -2.50. The van der Waals surface area contributed by atoms with Crippen molar-refractivity contribution in [3.8, 4) is 11.6 Å². The molecule has 2 aromatic carbocycles. The third kappa shape index (κ3) is 4.98. The number of rotatable bonds is 8. The van der Waals surface area contributed by atoms with E-state index in [2.05, 4.69) is 34.1 Å². The number of benzene rings is 2. The molecule has 1 aliphatic heterocycles. The Labute approximate surface area is 210 Å². The minimum absolute atomic E-state index is 0.178. The molecule has 1 amide bonds. The van der Waals surface area contributed by atoms with E-state index in [0.717, 1.165) is 52.3 Å². The number of piperazine rings is 1. The van der Waals surface area contributed by atoms with Crippen LogP contribution in [0.25, 0.3) is 27.8 Å². The molecule has 0 unspecified atom stereocenters. The van der Waals surface area contributed by atoms with Gasteiger partial charge in [0.25, 0.3) is 0 Å². The van der Waals surface area contributed by atoms with Crippen molar-refractivity contribution >= 4 is 33.5 Å². The summed E-state index contributed by atoms with van der Waals surface area (Å²) >= 11 is 0. The zero-order chi connectivity index (χ0) is 25.1. The Hall–Kier alpha value is -3.69. The molecule has 0 N–H and O–H groups in total. The number of imidazole rings is 1. The van der Waals surface area contributed by atoms with Gasteiger partial charge in [0.1, 0.15) is 24.5 Å². The van der Waals surface area contributed by atoms with Crippen molar-refractivity contribution in [1.82, 2.24) is 24.3 Å². The average Bonchev–Trinajstić information content (AvgIpc) is 3.31. The van der Waals surface area contributed by atoms with Crippen LogP contribution in [0.3, 0.4) is 0 Å². The second kappa shape index (κ2) is 10.5. The molecular weight excluding hydrogens is 456 g/mol. The number of hydrogen-bond acceptors (Lipinski definition) is 7. The highest BCUT2D eigenvalue weighted by atomic mass is 16.5. The van der Waals surface area contributed by atoms with Gasteiger partial charge in [-0.05, 0) is 44.4 Å². The fraction of sp³-hybridized carbons (Fsp3) is 0.370. The van der Waals surface area contributed by atoms with Gasteiger partial charge in [-0.15, -0.1) is 0 Å². The summed E-state index contributed by atoms with van der Waals surface area (Å²) in [7, 11) is 5.50. The van der Waals surface area contributed by atoms with Gasteiger partial charge in [-0.3, -0.25) is 9.36 Å². The van der Waals surface area contributed by atoms with Crippen LogP contribution < -0.4 is 9.64 Å². The van der Waals surface area contributed by atoms with Gasteiger partial charge in [-0.25, -0.2) is 9.97 Å². The van der Waals surface area contributed by atoms with Crippen LogP contribution in [-0.2, 0) is 9.53 Å². The van der Waals surface area contributed by atoms with E-state index in [0.29, 0.717) is 32.8 Å². The SMILES string of the molecule is COCCOc1ccc2c(c1)ncn2-c1ccc2cccc(N3CCN(C(=O)CN(C)C)CC3)c2n1. The van der Waals surface area contributed by atoms with E-state index in [1.54, 1.807) is 13.4 Å². The number of amides is 1. The third-order valence-electron chi connectivity index (χ3n) is 6.43. The van der Waals surface area contributed by atoms with Gasteiger partial charge >= 0.3 is 0 Å². The molecule has 0 radical (unpaired) electrons. The van der Waals surface area contributed by atoms with Crippen molar-refractivity contribution in [1.29, 1.82) is 0 Å². The van der Waals surface area contributed by atoms with Crippen molar-refractivity contribution < 1.29 is 14.3 Å².